The maximum Gasteiger partial charge on any atom is 0.270 e. The van der Waals surface area contributed by atoms with E-state index in [-0.39, 0.29) is 41.1 Å². The van der Waals surface area contributed by atoms with Crippen LogP contribution in [-0.4, -0.2) is 57.9 Å². The number of halogens is 1. The molecular formula is C15H26IN5O4S. The van der Waals surface area contributed by atoms with Crippen molar-refractivity contribution in [2.75, 3.05) is 33.7 Å². The van der Waals surface area contributed by atoms with Gasteiger partial charge in [-0.05, 0) is 12.5 Å². The molecule has 11 heteroatoms. The van der Waals surface area contributed by atoms with E-state index in [1.54, 1.807) is 7.05 Å². The van der Waals surface area contributed by atoms with Crippen LogP contribution in [0.1, 0.15) is 19.8 Å². The Balaban J connectivity index is 0.00000625. The normalized spacial score (nSPS) is 11.6. The lowest BCUT2D eigenvalue weighted by molar-refractivity contribution is -0.385. The van der Waals surface area contributed by atoms with Gasteiger partial charge in [-0.3, -0.25) is 15.1 Å². The summed E-state index contributed by atoms with van der Waals surface area (Å²) in [6.45, 7) is 3.44. The molecular weight excluding hydrogens is 473 g/mol. The van der Waals surface area contributed by atoms with Crippen molar-refractivity contribution in [3.05, 3.63) is 34.4 Å². The van der Waals surface area contributed by atoms with Crippen molar-refractivity contribution in [2.24, 2.45) is 4.99 Å². The van der Waals surface area contributed by atoms with Gasteiger partial charge in [0.15, 0.2) is 5.96 Å². The average Bonchev–Trinajstić information content (AvgIpc) is 2.59. The van der Waals surface area contributed by atoms with Crippen molar-refractivity contribution in [3.63, 3.8) is 0 Å². The van der Waals surface area contributed by atoms with Gasteiger partial charge in [-0.25, -0.2) is 13.1 Å². The van der Waals surface area contributed by atoms with E-state index in [4.69, 9.17) is 0 Å². The number of sulfonamides is 1. The van der Waals surface area contributed by atoms with Gasteiger partial charge in [0.05, 0.1) is 9.82 Å². The number of hydrogen-bond donors (Lipinski definition) is 2. The highest BCUT2D eigenvalue weighted by atomic mass is 127. The fourth-order valence-corrected chi connectivity index (χ4v) is 3.16. The minimum Gasteiger partial charge on any atom is -0.355 e. The van der Waals surface area contributed by atoms with Crippen molar-refractivity contribution in [1.29, 1.82) is 0 Å². The van der Waals surface area contributed by atoms with E-state index in [1.165, 1.54) is 18.2 Å². The molecule has 0 heterocycles. The van der Waals surface area contributed by atoms with E-state index < -0.39 is 14.9 Å². The van der Waals surface area contributed by atoms with Crippen LogP contribution in [0.5, 0.6) is 0 Å². The Hall–Kier alpha value is -1.47. The number of guanidine groups is 1. The van der Waals surface area contributed by atoms with E-state index in [1.807, 2.05) is 11.9 Å². The lowest BCUT2D eigenvalue weighted by Crippen LogP contribution is -2.42. The molecule has 0 radical (unpaired) electrons. The highest BCUT2D eigenvalue weighted by molar-refractivity contribution is 14.0. The molecule has 0 spiro atoms. The standard InChI is InChI=1S/C15H25N5O4S.HI/c1-4-5-11-19(3)15(16-2)17-9-10-18-25(23,24)14-8-6-7-13(12-14)20(21)22;/h6-8,12,18H,4-5,9-11H2,1-3H3,(H,16,17);1H. The summed E-state index contributed by atoms with van der Waals surface area (Å²) in [6, 6.07) is 4.94. The summed E-state index contributed by atoms with van der Waals surface area (Å²) >= 11 is 0. The fourth-order valence-electron chi connectivity index (χ4n) is 2.09. The zero-order chi connectivity index (χ0) is 18.9. The molecule has 26 heavy (non-hydrogen) atoms. The van der Waals surface area contributed by atoms with Gasteiger partial charge in [-0.1, -0.05) is 19.4 Å². The van der Waals surface area contributed by atoms with Crippen molar-refractivity contribution in [3.8, 4) is 0 Å². The van der Waals surface area contributed by atoms with E-state index in [0.717, 1.165) is 25.5 Å². The number of nitrogens with zero attached hydrogens (tertiary/aromatic N) is 3. The maximum absolute atomic E-state index is 12.2. The molecule has 0 bridgehead atoms. The highest BCUT2D eigenvalue weighted by Gasteiger charge is 2.17. The van der Waals surface area contributed by atoms with E-state index in [2.05, 4.69) is 22.0 Å². The molecule has 0 aliphatic rings. The van der Waals surface area contributed by atoms with Crippen LogP contribution >= 0.6 is 24.0 Å². The molecule has 0 fully saturated rings. The summed E-state index contributed by atoms with van der Waals surface area (Å²) in [5.41, 5.74) is -0.265. The lowest BCUT2D eigenvalue weighted by atomic mass is 10.3. The topological polar surface area (TPSA) is 117 Å². The van der Waals surface area contributed by atoms with Gasteiger partial charge in [0.1, 0.15) is 0 Å². The van der Waals surface area contributed by atoms with Crippen LogP contribution in [0.3, 0.4) is 0 Å². The van der Waals surface area contributed by atoms with Gasteiger partial charge in [0.25, 0.3) is 5.69 Å². The smallest absolute Gasteiger partial charge is 0.270 e. The number of unbranched alkanes of at least 4 members (excludes halogenated alkanes) is 1. The summed E-state index contributed by atoms with van der Waals surface area (Å²) in [7, 11) is -0.224. The quantitative estimate of drug-likeness (QED) is 0.134. The van der Waals surface area contributed by atoms with Crippen LogP contribution in [0, 0.1) is 10.1 Å². The molecule has 0 aliphatic carbocycles. The molecule has 1 aromatic rings. The Morgan fingerprint density at radius 3 is 2.62 bits per heavy atom. The van der Waals surface area contributed by atoms with Gasteiger partial charge in [-0.2, -0.15) is 0 Å². The molecule has 1 aromatic carbocycles. The molecule has 0 atom stereocenters. The van der Waals surface area contributed by atoms with Crippen LogP contribution in [0.15, 0.2) is 34.2 Å². The monoisotopic (exact) mass is 499 g/mol. The Morgan fingerprint density at radius 2 is 2.04 bits per heavy atom. The Kier molecular flexibility index (Phi) is 11.3. The van der Waals surface area contributed by atoms with Gasteiger partial charge in [0.2, 0.25) is 10.0 Å². The third-order valence-corrected chi connectivity index (χ3v) is 4.92. The largest absolute Gasteiger partial charge is 0.355 e. The fraction of sp³-hybridized carbons (Fsp3) is 0.533. The Labute approximate surface area is 171 Å². The first-order chi connectivity index (χ1) is 11.8. The number of nitro groups is 1. The molecule has 0 aliphatic heterocycles. The summed E-state index contributed by atoms with van der Waals surface area (Å²) in [5.74, 6) is 0.683. The minimum absolute atomic E-state index is 0. The van der Waals surface area contributed by atoms with Crippen LogP contribution in [0.25, 0.3) is 0 Å². The molecule has 0 saturated carbocycles. The molecule has 148 valence electrons. The Morgan fingerprint density at radius 1 is 1.35 bits per heavy atom. The SMILES string of the molecule is CCCCN(C)C(=NC)NCCNS(=O)(=O)c1cccc([N+](=O)[O-])c1.I. The second-order valence-electron chi connectivity index (χ2n) is 5.40. The third kappa shape index (κ3) is 7.83. The molecule has 0 saturated heterocycles. The predicted octanol–water partition coefficient (Wildman–Crippen LogP) is 1.80. The number of rotatable bonds is 9. The zero-order valence-corrected chi connectivity index (χ0v) is 18.3. The van der Waals surface area contributed by atoms with Crippen molar-refractivity contribution in [1.82, 2.24) is 14.9 Å². The van der Waals surface area contributed by atoms with E-state index in [9.17, 15) is 18.5 Å². The number of nitro benzene ring substituents is 1. The van der Waals surface area contributed by atoms with Crippen molar-refractivity contribution >= 4 is 45.6 Å². The van der Waals surface area contributed by atoms with Gasteiger partial charge in [0, 0.05) is 45.9 Å². The lowest BCUT2D eigenvalue weighted by Gasteiger charge is -2.21. The molecule has 1 rings (SSSR count). The van der Waals surface area contributed by atoms with Crippen LogP contribution in [-0.2, 0) is 10.0 Å². The minimum atomic E-state index is -3.80. The summed E-state index contributed by atoms with van der Waals surface area (Å²) < 4.78 is 26.8. The first-order valence-electron chi connectivity index (χ1n) is 7.97. The van der Waals surface area contributed by atoms with Gasteiger partial charge >= 0.3 is 0 Å². The predicted molar refractivity (Wildman–Crippen MR) is 113 cm³/mol. The summed E-state index contributed by atoms with van der Waals surface area (Å²) in [6.07, 6.45) is 2.11. The van der Waals surface area contributed by atoms with Crippen molar-refractivity contribution < 1.29 is 13.3 Å². The highest BCUT2D eigenvalue weighted by Crippen LogP contribution is 2.16. The molecule has 0 amide bonds. The Bertz CT molecular complexity index is 712. The third-order valence-electron chi connectivity index (χ3n) is 3.46. The average molecular weight is 499 g/mol. The van der Waals surface area contributed by atoms with Crippen LogP contribution < -0.4 is 10.0 Å². The van der Waals surface area contributed by atoms with Crippen molar-refractivity contribution in [2.45, 2.75) is 24.7 Å². The van der Waals surface area contributed by atoms with E-state index in [0.29, 0.717) is 12.5 Å². The second-order valence-corrected chi connectivity index (χ2v) is 7.17. The first kappa shape index (κ1) is 24.5. The van der Waals surface area contributed by atoms with Gasteiger partial charge < -0.3 is 10.2 Å². The number of hydrogen-bond acceptors (Lipinski definition) is 5. The number of benzene rings is 1. The zero-order valence-electron chi connectivity index (χ0n) is 15.1. The first-order valence-corrected chi connectivity index (χ1v) is 9.46. The number of non-ortho nitro benzene ring substituents is 1. The van der Waals surface area contributed by atoms with E-state index >= 15 is 0 Å². The number of aliphatic imine (C=N–C) groups is 1. The summed E-state index contributed by atoms with van der Waals surface area (Å²) in [5, 5.41) is 13.8. The number of nitrogens with one attached hydrogen (secondary N) is 2. The van der Waals surface area contributed by atoms with Crippen LogP contribution in [0.4, 0.5) is 5.69 Å². The maximum atomic E-state index is 12.2. The van der Waals surface area contributed by atoms with Gasteiger partial charge in [-0.15, -0.1) is 24.0 Å². The van der Waals surface area contributed by atoms with Crippen LogP contribution in [0.2, 0.25) is 0 Å². The molecule has 2 N–H and O–H groups in total. The molecule has 0 unspecified atom stereocenters. The molecule has 9 nitrogen and oxygen atoms in total. The second kappa shape index (κ2) is 12.0. The molecule has 0 aromatic heterocycles. The summed E-state index contributed by atoms with van der Waals surface area (Å²) in [4.78, 5) is 16.1.